The predicted molar refractivity (Wildman–Crippen MR) is 74.6 cm³/mol. The van der Waals surface area contributed by atoms with E-state index >= 15 is 0 Å². The van der Waals surface area contributed by atoms with Crippen LogP contribution in [0, 0.1) is 6.92 Å². The Kier molecular flexibility index (Phi) is 5.15. The normalized spacial score (nSPS) is 12.7. The molecule has 6 nitrogen and oxygen atoms in total. The van der Waals surface area contributed by atoms with Crippen molar-refractivity contribution in [2.24, 2.45) is 17.9 Å². The summed E-state index contributed by atoms with van der Waals surface area (Å²) < 4.78 is 2.86. The Hall–Kier alpha value is -1.08. The Morgan fingerprint density at radius 2 is 2.22 bits per heavy atom. The minimum Gasteiger partial charge on any atom is -0.409 e. The Morgan fingerprint density at radius 1 is 1.61 bits per heavy atom. The van der Waals surface area contributed by atoms with Gasteiger partial charge in [0.25, 0.3) is 0 Å². The third-order valence-electron chi connectivity index (χ3n) is 2.84. The van der Waals surface area contributed by atoms with Crippen LogP contribution < -0.4 is 5.73 Å². The van der Waals surface area contributed by atoms with Crippen LogP contribution >= 0.6 is 15.9 Å². The number of hydrogen-bond donors (Lipinski definition) is 2. The van der Waals surface area contributed by atoms with Crippen LogP contribution in [-0.2, 0) is 13.6 Å². The molecule has 0 amide bonds. The molecule has 0 radical (unpaired) electrons. The van der Waals surface area contributed by atoms with E-state index in [4.69, 9.17) is 10.9 Å². The minimum absolute atomic E-state index is 0.207. The molecule has 1 rings (SSSR count). The van der Waals surface area contributed by atoms with Gasteiger partial charge in [0.15, 0.2) is 5.84 Å². The van der Waals surface area contributed by atoms with Gasteiger partial charge in [0.1, 0.15) is 0 Å². The van der Waals surface area contributed by atoms with Gasteiger partial charge < -0.3 is 10.9 Å². The molecule has 7 heteroatoms. The lowest BCUT2D eigenvalue weighted by atomic mass is 10.2. The highest BCUT2D eigenvalue weighted by Crippen LogP contribution is 2.22. The molecule has 0 bridgehead atoms. The van der Waals surface area contributed by atoms with E-state index in [2.05, 4.69) is 44.9 Å². The molecule has 0 aliphatic heterocycles. The van der Waals surface area contributed by atoms with Gasteiger partial charge in [0.2, 0.25) is 0 Å². The van der Waals surface area contributed by atoms with E-state index in [1.165, 1.54) is 0 Å². The monoisotopic (exact) mass is 317 g/mol. The molecular weight excluding hydrogens is 298 g/mol. The maximum Gasteiger partial charge on any atom is 0.153 e. The number of nitrogens with two attached hydrogens (primary N) is 1. The number of amidine groups is 1. The fraction of sp³-hybridized carbons (Fsp3) is 0.636. The number of oxime groups is 1. The van der Waals surface area contributed by atoms with Gasteiger partial charge in [-0.15, -0.1) is 0 Å². The predicted octanol–water partition coefficient (Wildman–Crippen LogP) is 1.45. The van der Waals surface area contributed by atoms with Gasteiger partial charge in [-0.3, -0.25) is 9.58 Å². The van der Waals surface area contributed by atoms with Crippen molar-refractivity contribution in [3.05, 3.63) is 15.9 Å². The summed E-state index contributed by atoms with van der Waals surface area (Å²) in [5.74, 6) is 0.207. The van der Waals surface area contributed by atoms with Crippen LogP contribution in [0.4, 0.5) is 0 Å². The maximum absolute atomic E-state index is 8.65. The molecule has 3 N–H and O–H groups in total. The van der Waals surface area contributed by atoms with Crippen LogP contribution in [0.1, 0.15) is 25.2 Å². The average molecular weight is 318 g/mol. The van der Waals surface area contributed by atoms with Crippen LogP contribution in [-0.4, -0.2) is 38.3 Å². The van der Waals surface area contributed by atoms with Crippen molar-refractivity contribution < 1.29 is 5.21 Å². The van der Waals surface area contributed by atoms with Crippen LogP contribution in [0.3, 0.4) is 0 Å². The molecule has 0 aliphatic rings. The highest BCUT2D eigenvalue weighted by molar-refractivity contribution is 9.10. The quantitative estimate of drug-likeness (QED) is 0.373. The topological polar surface area (TPSA) is 79.7 Å². The van der Waals surface area contributed by atoms with E-state index < -0.39 is 0 Å². The van der Waals surface area contributed by atoms with Gasteiger partial charge in [0, 0.05) is 19.6 Å². The van der Waals surface area contributed by atoms with Crippen molar-refractivity contribution in [2.45, 2.75) is 33.4 Å². The lowest BCUT2D eigenvalue weighted by molar-refractivity contribution is 0.232. The van der Waals surface area contributed by atoms with Gasteiger partial charge in [-0.2, -0.15) is 5.10 Å². The lowest BCUT2D eigenvalue weighted by Gasteiger charge is -2.25. The molecule has 0 atom stereocenters. The van der Waals surface area contributed by atoms with E-state index in [1.807, 2.05) is 18.7 Å². The highest BCUT2D eigenvalue weighted by atomic mass is 79.9. The average Bonchev–Trinajstić information content (AvgIpc) is 2.54. The second kappa shape index (κ2) is 6.19. The van der Waals surface area contributed by atoms with E-state index in [9.17, 15) is 0 Å². The molecule has 0 saturated heterocycles. The number of halogens is 1. The van der Waals surface area contributed by atoms with Gasteiger partial charge in [0.05, 0.1) is 22.4 Å². The molecular formula is C11H20BrN5O. The molecule has 1 heterocycles. The van der Waals surface area contributed by atoms with Crippen molar-refractivity contribution in [1.82, 2.24) is 14.7 Å². The van der Waals surface area contributed by atoms with Gasteiger partial charge >= 0.3 is 0 Å². The first-order valence-corrected chi connectivity index (χ1v) is 6.54. The number of aromatic nitrogens is 2. The van der Waals surface area contributed by atoms with Crippen molar-refractivity contribution in [3.63, 3.8) is 0 Å². The zero-order valence-electron chi connectivity index (χ0n) is 11.2. The summed E-state index contributed by atoms with van der Waals surface area (Å²) in [5.41, 5.74) is 7.61. The smallest absolute Gasteiger partial charge is 0.153 e. The van der Waals surface area contributed by atoms with Crippen molar-refractivity contribution >= 4 is 21.8 Å². The first-order chi connectivity index (χ1) is 8.36. The van der Waals surface area contributed by atoms with E-state index in [0.29, 0.717) is 13.1 Å². The van der Waals surface area contributed by atoms with Crippen LogP contribution in [0.15, 0.2) is 9.63 Å². The summed E-state index contributed by atoms with van der Waals surface area (Å²) in [5, 5.41) is 16.0. The largest absolute Gasteiger partial charge is 0.409 e. The van der Waals surface area contributed by atoms with Crippen LogP contribution in [0.2, 0.25) is 0 Å². The second-order valence-corrected chi connectivity index (χ2v) is 5.35. The summed E-state index contributed by atoms with van der Waals surface area (Å²) in [6.45, 7) is 7.21. The third kappa shape index (κ3) is 3.46. The highest BCUT2D eigenvalue weighted by Gasteiger charge is 2.17. The second-order valence-electron chi connectivity index (χ2n) is 4.56. The molecule has 0 spiro atoms. The molecule has 18 heavy (non-hydrogen) atoms. The first kappa shape index (κ1) is 15.0. The van der Waals surface area contributed by atoms with E-state index in [-0.39, 0.29) is 11.9 Å². The minimum atomic E-state index is 0.207. The standard InChI is InChI=1S/C11H20BrN5O/c1-7(2)17(6-10(13)15-18)5-9-11(12)8(3)14-16(9)4/h7,18H,5-6H2,1-4H3,(H2,13,15). The van der Waals surface area contributed by atoms with E-state index in [0.717, 1.165) is 15.9 Å². The maximum atomic E-state index is 8.65. The molecule has 0 fully saturated rings. The molecule has 0 aromatic carbocycles. The Balaban J connectivity index is 2.90. The zero-order valence-corrected chi connectivity index (χ0v) is 12.8. The Bertz CT molecular complexity index is 441. The third-order valence-corrected chi connectivity index (χ3v) is 3.87. The summed E-state index contributed by atoms with van der Waals surface area (Å²) in [4.78, 5) is 2.11. The number of nitrogens with zero attached hydrogens (tertiary/aromatic N) is 4. The Morgan fingerprint density at radius 3 is 2.61 bits per heavy atom. The van der Waals surface area contributed by atoms with Crippen LogP contribution in [0.25, 0.3) is 0 Å². The summed E-state index contributed by atoms with van der Waals surface area (Å²) in [7, 11) is 1.91. The fourth-order valence-electron chi connectivity index (χ4n) is 1.70. The molecule has 102 valence electrons. The molecule has 1 aromatic heterocycles. The zero-order chi connectivity index (χ0) is 13.9. The summed E-state index contributed by atoms with van der Waals surface area (Å²) >= 11 is 3.54. The Labute approximate surface area is 116 Å². The summed E-state index contributed by atoms with van der Waals surface area (Å²) in [6, 6.07) is 0.285. The van der Waals surface area contributed by atoms with Crippen molar-refractivity contribution in [2.75, 3.05) is 6.54 Å². The van der Waals surface area contributed by atoms with Crippen LogP contribution in [0.5, 0.6) is 0 Å². The van der Waals surface area contributed by atoms with Gasteiger partial charge in [-0.05, 0) is 36.7 Å². The molecule has 0 saturated carbocycles. The van der Waals surface area contributed by atoms with Gasteiger partial charge in [-0.1, -0.05) is 5.16 Å². The fourth-order valence-corrected chi connectivity index (χ4v) is 2.17. The molecule has 0 aliphatic carbocycles. The van der Waals surface area contributed by atoms with Crippen molar-refractivity contribution in [3.8, 4) is 0 Å². The van der Waals surface area contributed by atoms with Crippen molar-refractivity contribution in [1.29, 1.82) is 0 Å². The first-order valence-electron chi connectivity index (χ1n) is 5.75. The SMILES string of the molecule is Cc1nn(C)c(CN(CC(N)=NO)C(C)C)c1Br. The van der Waals surface area contributed by atoms with E-state index in [1.54, 1.807) is 0 Å². The number of hydrogen-bond acceptors (Lipinski definition) is 4. The summed E-state index contributed by atoms with van der Waals surface area (Å²) in [6.07, 6.45) is 0. The number of rotatable bonds is 5. The lowest BCUT2D eigenvalue weighted by Crippen LogP contribution is -2.38. The molecule has 0 unspecified atom stereocenters. The van der Waals surface area contributed by atoms with Gasteiger partial charge in [-0.25, -0.2) is 0 Å². The number of aryl methyl sites for hydroxylation is 2. The molecule has 1 aromatic rings.